The minimum atomic E-state index is -0.384. The smallest absolute Gasteiger partial charge is 0.293 e. The van der Waals surface area contributed by atoms with Crippen LogP contribution in [-0.4, -0.2) is 14.5 Å². The van der Waals surface area contributed by atoms with Gasteiger partial charge in [0.2, 0.25) is 0 Å². The Labute approximate surface area is 124 Å². The summed E-state index contributed by atoms with van der Waals surface area (Å²) in [6.07, 6.45) is 5.99. The SMILES string of the molecule is O=[N+]([O-])c1cc(Br)ccc1NCc1cncn1C1CC1. The molecule has 0 amide bonds. The average molecular weight is 337 g/mol. The van der Waals surface area contributed by atoms with Crippen LogP contribution >= 0.6 is 15.9 Å². The number of nitrogens with one attached hydrogen (secondary N) is 1. The van der Waals surface area contributed by atoms with Crippen molar-refractivity contribution in [1.82, 2.24) is 9.55 Å². The summed E-state index contributed by atoms with van der Waals surface area (Å²) in [6.45, 7) is 0.527. The molecule has 104 valence electrons. The molecule has 0 bridgehead atoms. The van der Waals surface area contributed by atoms with Crippen LogP contribution in [0.5, 0.6) is 0 Å². The highest BCUT2D eigenvalue weighted by Gasteiger charge is 2.25. The molecule has 0 saturated heterocycles. The van der Waals surface area contributed by atoms with Gasteiger partial charge in [0.25, 0.3) is 5.69 Å². The van der Waals surface area contributed by atoms with E-state index in [1.807, 2.05) is 6.33 Å². The lowest BCUT2D eigenvalue weighted by atomic mass is 10.2. The number of nitrogens with zero attached hydrogens (tertiary/aromatic N) is 3. The molecule has 20 heavy (non-hydrogen) atoms. The Morgan fingerprint density at radius 1 is 1.50 bits per heavy atom. The lowest BCUT2D eigenvalue weighted by Crippen LogP contribution is -2.07. The minimum Gasteiger partial charge on any atom is -0.374 e. The van der Waals surface area contributed by atoms with E-state index in [1.54, 1.807) is 18.3 Å². The van der Waals surface area contributed by atoms with Crippen LogP contribution in [0.3, 0.4) is 0 Å². The molecule has 0 atom stereocenters. The van der Waals surface area contributed by atoms with Crippen LogP contribution in [-0.2, 0) is 6.54 Å². The molecule has 0 radical (unpaired) electrons. The molecule has 2 aromatic rings. The molecular formula is C13H13BrN4O2. The quantitative estimate of drug-likeness (QED) is 0.669. The second-order valence-electron chi connectivity index (χ2n) is 4.80. The van der Waals surface area contributed by atoms with Crippen LogP contribution in [0.25, 0.3) is 0 Å². The zero-order chi connectivity index (χ0) is 14.1. The molecule has 0 spiro atoms. The van der Waals surface area contributed by atoms with Crippen LogP contribution in [0, 0.1) is 10.1 Å². The van der Waals surface area contributed by atoms with E-state index in [4.69, 9.17) is 0 Å². The zero-order valence-electron chi connectivity index (χ0n) is 10.6. The number of hydrogen-bond acceptors (Lipinski definition) is 4. The topological polar surface area (TPSA) is 73.0 Å². The Morgan fingerprint density at radius 3 is 3.00 bits per heavy atom. The maximum absolute atomic E-state index is 11.0. The van der Waals surface area contributed by atoms with E-state index in [9.17, 15) is 10.1 Å². The van der Waals surface area contributed by atoms with Gasteiger partial charge in [0.05, 0.1) is 23.5 Å². The van der Waals surface area contributed by atoms with E-state index in [1.165, 1.54) is 18.9 Å². The Balaban J connectivity index is 1.78. The first-order chi connectivity index (χ1) is 9.65. The van der Waals surface area contributed by atoms with Gasteiger partial charge in [0.1, 0.15) is 5.69 Å². The third kappa shape index (κ3) is 2.67. The summed E-state index contributed by atoms with van der Waals surface area (Å²) in [7, 11) is 0. The number of nitro benzene ring substituents is 1. The van der Waals surface area contributed by atoms with Gasteiger partial charge < -0.3 is 9.88 Å². The number of aromatic nitrogens is 2. The summed E-state index contributed by atoms with van der Waals surface area (Å²) < 4.78 is 2.83. The summed E-state index contributed by atoms with van der Waals surface area (Å²) in [5, 5.41) is 14.2. The number of hydrogen-bond donors (Lipinski definition) is 1. The molecule has 1 saturated carbocycles. The van der Waals surface area contributed by atoms with Crippen molar-refractivity contribution in [2.75, 3.05) is 5.32 Å². The Kier molecular flexibility index (Phi) is 3.43. The maximum atomic E-state index is 11.0. The van der Waals surface area contributed by atoms with Gasteiger partial charge in [0, 0.05) is 22.8 Å². The molecule has 1 aromatic heterocycles. The fraction of sp³-hybridized carbons (Fsp3) is 0.308. The molecule has 0 aliphatic heterocycles. The average Bonchev–Trinajstić information content (AvgIpc) is 3.16. The molecule has 0 unspecified atom stereocenters. The number of imidazole rings is 1. The fourth-order valence-electron chi connectivity index (χ4n) is 2.14. The van der Waals surface area contributed by atoms with Gasteiger partial charge >= 0.3 is 0 Å². The monoisotopic (exact) mass is 336 g/mol. The first-order valence-corrected chi connectivity index (χ1v) is 7.13. The molecule has 1 aliphatic rings. The van der Waals surface area contributed by atoms with E-state index in [-0.39, 0.29) is 10.6 Å². The molecule has 1 aliphatic carbocycles. The Hall–Kier alpha value is -1.89. The third-order valence-electron chi connectivity index (χ3n) is 3.30. The Bertz CT molecular complexity index is 652. The predicted molar refractivity (Wildman–Crippen MR) is 78.6 cm³/mol. The summed E-state index contributed by atoms with van der Waals surface area (Å²) in [4.78, 5) is 14.8. The van der Waals surface area contributed by atoms with Gasteiger partial charge in [-0.15, -0.1) is 0 Å². The molecule has 1 heterocycles. The van der Waals surface area contributed by atoms with Crippen LogP contribution in [0.4, 0.5) is 11.4 Å². The van der Waals surface area contributed by atoms with Crippen molar-refractivity contribution in [3.63, 3.8) is 0 Å². The molecule has 1 aromatic carbocycles. The molecule has 6 nitrogen and oxygen atoms in total. The molecule has 1 N–H and O–H groups in total. The van der Waals surface area contributed by atoms with Crippen molar-refractivity contribution in [3.8, 4) is 0 Å². The number of benzene rings is 1. The normalized spacial score (nSPS) is 14.2. The lowest BCUT2D eigenvalue weighted by molar-refractivity contribution is -0.384. The van der Waals surface area contributed by atoms with Crippen molar-refractivity contribution in [2.45, 2.75) is 25.4 Å². The Morgan fingerprint density at radius 2 is 2.30 bits per heavy atom. The number of rotatable bonds is 5. The summed E-state index contributed by atoms with van der Waals surface area (Å²) in [5.41, 5.74) is 1.63. The second kappa shape index (κ2) is 5.24. The zero-order valence-corrected chi connectivity index (χ0v) is 12.2. The molecule has 7 heteroatoms. The van der Waals surface area contributed by atoms with Crippen molar-refractivity contribution in [1.29, 1.82) is 0 Å². The molecular weight excluding hydrogens is 324 g/mol. The van der Waals surface area contributed by atoms with Gasteiger partial charge in [0.15, 0.2) is 0 Å². The maximum Gasteiger partial charge on any atom is 0.293 e. The number of anilines is 1. The molecule has 3 rings (SSSR count). The molecule has 1 fully saturated rings. The van der Waals surface area contributed by atoms with Gasteiger partial charge in [-0.1, -0.05) is 15.9 Å². The van der Waals surface area contributed by atoms with E-state index < -0.39 is 0 Å². The summed E-state index contributed by atoms with van der Waals surface area (Å²) in [6, 6.07) is 5.54. The number of halogens is 1. The van der Waals surface area contributed by atoms with E-state index in [0.29, 0.717) is 22.7 Å². The third-order valence-corrected chi connectivity index (χ3v) is 3.80. The van der Waals surface area contributed by atoms with Gasteiger partial charge in [-0.3, -0.25) is 10.1 Å². The predicted octanol–water partition coefficient (Wildman–Crippen LogP) is 3.50. The highest BCUT2D eigenvalue weighted by atomic mass is 79.9. The van der Waals surface area contributed by atoms with E-state index in [2.05, 4.69) is 30.8 Å². The van der Waals surface area contributed by atoms with Crippen LogP contribution in [0.15, 0.2) is 35.2 Å². The van der Waals surface area contributed by atoms with Gasteiger partial charge in [-0.2, -0.15) is 0 Å². The fourth-order valence-corrected chi connectivity index (χ4v) is 2.49. The van der Waals surface area contributed by atoms with Gasteiger partial charge in [-0.05, 0) is 25.0 Å². The van der Waals surface area contributed by atoms with E-state index in [0.717, 1.165) is 5.69 Å². The lowest BCUT2D eigenvalue weighted by Gasteiger charge is -2.09. The van der Waals surface area contributed by atoms with Crippen LogP contribution in [0.1, 0.15) is 24.6 Å². The van der Waals surface area contributed by atoms with Crippen LogP contribution in [0.2, 0.25) is 0 Å². The van der Waals surface area contributed by atoms with Gasteiger partial charge in [-0.25, -0.2) is 4.98 Å². The van der Waals surface area contributed by atoms with Crippen molar-refractivity contribution in [3.05, 3.63) is 51.0 Å². The first kappa shape index (κ1) is 13.1. The summed E-state index contributed by atoms with van der Waals surface area (Å²) >= 11 is 3.25. The van der Waals surface area contributed by atoms with Crippen molar-refractivity contribution >= 4 is 27.3 Å². The first-order valence-electron chi connectivity index (χ1n) is 6.33. The van der Waals surface area contributed by atoms with Crippen LogP contribution < -0.4 is 5.32 Å². The number of nitro groups is 1. The van der Waals surface area contributed by atoms with E-state index >= 15 is 0 Å². The highest BCUT2D eigenvalue weighted by Crippen LogP contribution is 2.36. The highest BCUT2D eigenvalue weighted by molar-refractivity contribution is 9.10. The largest absolute Gasteiger partial charge is 0.374 e. The van der Waals surface area contributed by atoms with Crippen molar-refractivity contribution < 1.29 is 4.92 Å². The van der Waals surface area contributed by atoms with Crippen molar-refractivity contribution in [2.24, 2.45) is 0 Å². The second-order valence-corrected chi connectivity index (χ2v) is 5.71. The minimum absolute atomic E-state index is 0.0665. The summed E-state index contributed by atoms with van der Waals surface area (Å²) in [5.74, 6) is 0. The standard InChI is InChI=1S/C13H13BrN4O2/c14-9-1-4-12(13(5-9)18(19)20)16-7-11-6-15-8-17(11)10-2-3-10/h1,4-6,8,10,16H,2-3,7H2.